The topological polar surface area (TPSA) is 38.3 Å². The quantitative estimate of drug-likeness (QED) is 0.834. The molecule has 82 valence electrons. The maximum Gasteiger partial charge on any atom is 0.338 e. The standard InChI is InChI=1S/C10H11Cl2NO2/c1-3-15-10(14)6-4-7(11)9(13-2)8(12)5-6/h4-5,13H,3H2,1-2H3. The van der Waals surface area contributed by atoms with Crippen LogP contribution in [0.5, 0.6) is 0 Å². The van der Waals surface area contributed by atoms with Gasteiger partial charge in [0.15, 0.2) is 0 Å². The highest BCUT2D eigenvalue weighted by Gasteiger charge is 2.12. The minimum absolute atomic E-state index is 0.321. The molecule has 0 saturated heterocycles. The van der Waals surface area contributed by atoms with Crippen LogP contribution in [0, 0.1) is 0 Å². The minimum atomic E-state index is -0.427. The van der Waals surface area contributed by atoms with E-state index in [4.69, 9.17) is 27.9 Å². The van der Waals surface area contributed by atoms with Gasteiger partial charge in [-0.05, 0) is 19.1 Å². The van der Waals surface area contributed by atoms with Gasteiger partial charge < -0.3 is 10.1 Å². The predicted molar refractivity (Wildman–Crippen MR) is 62.0 cm³/mol. The van der Waals surface area contributed by atoms with Crippen molar-refractivity contribution in [3.8, 4) is 0 Å². The summed E-state index contributed by atoms with van der Waals surface area (Å²) in [6.45, 7) is 2.06. The lowest BCUT2D eigenvalue weighted by Gasteiger charge is -2.08. The normalized spacial score (nSPS) is 9.87. The van der Waals surface area contributed by atoms with Crippen LogP contribution in [0.25, 0.3) is 0 Å². The van der Waals surface area contributed by atoms with Crippen LogP contribution >= 0.6 is 23.2 Å². The lowest BCUT2D eigenvalue weighted by Crippen LogP contribution is -2.05. The molecule has 0 fully saturated rings. The highest BCUT2D eigenvalue weighted by Crippen LogP contribution is 2.31. The number of carbonyl (C=O) groups is 1. The molecule has 0 aliphatic carbocycles. The van der Waals surface area contributed by atoms with Gasteiger partial charge in [0.1, 0.15) is 0 Å². The van der Waals surface area contributed by atoms with Gasteiger partial charge in [0, 0.05) is 7.05 Å². The zero-order chi connectivity index (χ0) is 11.4. The molecule has 1 aromatic rings. The van der Waals surface area contributed by atoms with E-state index in [-0.39, 0.29) is 0 Å². The molecule has 0 radical (unpaired) electrons. The van der Waals surface area contributed by atoms with Crippen molar-refractivity contribution in [1.82, 2.24) is 0 Å². The van der Waals surface area contributed by atoms with Crippen LogP contribution in [-0.2, 0) is 4.74 Å². The molecular formula is C10H11Cl2NO2. The zero-order valence-corrected chi connectivity index (χ0v) is 9.95. The first-order valence-electron chi connectivity index (χ1n) is 4.44. The molecule has 1 aromatic carbocycles. The summed E-state index contributed by atoms with van der Waals surface area (Å²) in [6.07, 6.45) is 0. The summed E-state index contributed by atoms with van der Waals surface area (Å²) < 4.78 is 4.83. The number of hydrogen-bond acceptors (Lipinski definition) is 3. The van der Waals surface area contributed by atoms with Gasteiger partial charge in [-0.2, -0.15) is 0 Å². The van der Waals surface area contributed by atoms with Crippen molar-refractivity contribution in [2.45, 2.75) is 6.92 Å². The van der Waals surface area contributed by atoms with E-state index in [2.05, 4.69) is 5.32 Å². The van der Waals surface area contributed by atoms with Crippen LogP contribution in [-0.4, -0.2) is 19.6 Å². The van der Waals surface area contributed by atoms with E-state index in [1.165, 1.54) is 12.1 Å². The van der Waals surface area contributed by atoms with Gasteiger partial charge in [-0.25, -0.2) is 4.79 Å². The van der Waals surface area contributed by atoms with Crippen LogP contribution in [0.1, 0.15) is 17.3 Å². The fourth-order valence-corrected chi connectivity index (χ4v) is 1.82. The molecule has 0 amide bonds. The number of anilines is 1. The van der Waals surface area contributed by atoms with Gasteiger partial charge in [-0.15, -0.1) is 0 Å². The van der Waals surface area contributed by atoms with Gasteiger partial charge in [-0.3, -0.25) is 0 Å². The van der Waals surface area contributed by atoms with Crippen LogP contribution < -0.4 is 5.32 Å². The third-order valence-electron chi connectivity index (χ3n) is 1.80. The van der Waals surface area contributed by atoms with E-state index in [0.29, 0.717) is 27.9 Å². The van der Waals surface area contributed by atoms with Crippen molar-refractivity contribution in [3.05, 3.63) is 27.7 Å². The third-order valence-corrected chi connectivity index (χ3v) is 2.40. The Hall–Kier alpha value is -0.930. The van der Waals surface area contributed by atoms with Crippen molar-refractivity contribution in [2.24, 2.45) is 0 Å². The molecule has 15 heavy (non-hydrogen) atoms. The number of ether oxygens (including phenoxy) is 1. The average Bonchev–Trinajstić information content (AvgIpc) is 2.17. The molecule has 1 rings (SSSR count). The summed E-state index contributed by atoms with van der Waals surface area (Å²) in [5, 5.41) is 3.64. The summed E-state index contributed by atoms with van der Waals surface area (Å²) in [6, 6.07) is 3.05. The fourth-order valence-electron chi connectivity index (χ4n) is 1.14. The van der Waals surface area contributed by atoms with Crippen LogP contribution in [0.4, 0.5) is 5.69 Å². The number of esters is 1. The molecule has 0 aliphatic heterocycles. The highest BCUT2D eigenvalue weighted by molar-refractivity contribution is 6.39. The van der Waals surface area contributed by atoms with Crippen LogP contribution in [0.3, 0.4) is 0 Å². The lowest BCUT2D eigenvalue weighted by atomic mass is 10.2. The maximum absolute atomic E-state index is 11.4. The Morgan fingerprint density at radius 2 is 1.93 bits per heavy atom. The van der Waals surface area contributed by atoms with E-state index < -0.39 is 5.97 Å². The maximum atomic E-state index is 11.4. The summed E-state index contributed by atoms with van der Waals surface area (Å²) in [7, 11) is 1.71. The summed E-state index contributed by atoms with van der Waals surface area (Å²) in [5.41, 5.74) is 0.956. The number of halogens is 2. The molecule has 0 saturated carbocycles. The molecular weight excluding hydrogens is 237 g/mol. The summed E-state index contributed by atoms with van der Waals surface area (Å²) in [4.78, 5) is 11.4. The van der Waals surface area contributed by atoms with Gasteiger partial charge in [0.05, 0.1) is 27.9 Å². The molecule has 3 nitrogen and oxygen atoms in total. The van der Waals surface area contributed by atoms with Crippen LogP contribution in [0.15, 0.2) is 12.1 Å². The number of benzene rings is 1. The van der Waals surface area contributed by atoms with Crippen molar-refractivity contribution in [2.75, 3.05) is 19.0 Å². The Morgan fingerprint density at radius 3 is 2.33 bits per heavy atom. The van der Waals surface area contributed by atoms with Crippen molar-refractivity contribution in [3.63, 3.8) is 0 Å². The third kappa shape index (κ3) is 2.76. The molecule has 0 bridgehead atoms. The van der Waals surface area contributed by atoms with E-state index in [0.717, 1.165) is 0 Å². The summed E-state index contributed by atoms with van der Waals surface area (Å²) in [5.74, 6) is -0.427. The minimum Gasteiger partial charge on any atom is -0.462 e. The second kappa shape index (κ2) is 5.24. The first-order chi connectivity index (χ1) is 7.10. The van der Waals surface area contributed by atoms with Gasteiger partial charge in [-0.1, -0.05) is 23.2 Å². The second-order valence-electron chi connectivity index (χ2n) is 2.79. The van der Waals surface area contributed by atoms with Crippen molar-refractivity contribution in [1.29, 1.82) is 0 Å². The van der Waals surface area contributed by atoms with E-state index in [1.807, 2.05) is 0 Å². The smallest absolute Gasteiger partial charge is 0.338 e. The second-order valence-corrected chi connectivity index (χ2v) is 3.60. The molecule has 0 aromatic heterocycles. The van der Waals surface area contributed by atoms with Gasteiger partial charge in [0.2, 0.25) is 0 Å². The number of hydrogen-bond donors (Lipinski definition) is 1. The summed E-state index contributed by atoms with van der Waals surface area (Å²) >= 11 is 11.8. The van der Waals surface area contributed by atoms with Crippen molar-refractivity contribution < 1.29 is 9.53 Å². The largest absolute Gasteiger partial charge is 0.462 e. The van der Waals surface area contributed by atoms with E-state index in [9.17, 15) is 4.79 Å². The van der Waals surface area contributed by atoms with E-state index >= 15 is 0 Å². The Morgan fingerprint density at radius 1 is 1.40 bits per heavy atom. The zero-order valence-electron chi connectivity index (χ0n) is 8.43. The number of rotatable bonds is 3. The Balaban J connectivity index is 3.08. The first-order valence-corrected chi connectivity index (χ1v) is 5.19. The molecule has 0 unspecified atom stereocenters. The fraction of sp³-hybridized carbons (Fsp3) is 0.300. The monoisotopic (exact) mass is 247 g/mol. The molecule has 0 spiro atoms. The lowest BCUT2D eigenvalue weighted by molar-refractivity contribution is 0.0526. The molecule has 0 aliphatic rings. The predicted octanol–water partition coefficient (Wildman–Crippen LogP) is 3.21. The Kier molecular flexibility index (Phi) is 4.24. The molecule has 5 heteroatoms. The number of nitrogens with one attached hydrogen (secondary N) is 1. The van der Waals surface area contributed by atoms with Gasteiger partial charge in [0.25, 0.3) is 0 Å². The van der Waals surface area contributed by atoms with Crippen LogP contribution in [0.2, 0.25) is 10.0 Å². The molecule has 0 atom stereocenters. The molecule has 1 N–H and O–H groups in total. The SMILES string of the molecule is CCOC(=O)c1cc(Cl)c(NC)c(Cl)c1. The molecule has 0 heterocycles. The Bertz CT molecular complexity index is 357. The van der Waals surface area contributed by atoms with E-state index in [1.54, 1.807) is 14.0 Å². The Labute approximate surface area is 98.3 Å². The number of carbonyl (C=O) groups excluding carboxylic acids is 1. The van der Waals surface area contributed by atoms with Gasteiger partial charge >= 0.3 is 5.97 Å². The van der Waals surface area contributed by atoms with Crippen molar-refractivity contribution >= 4 is 34.9 Å². The average molecular weight is 248 g/mol. The highest BCUT2D eigenvalue weighted by atomic mass is 35.5. The first kappa shape index (κ1) is 12.1.